The van der Waals surface area contributed by atoms with E-state index in [-0.39, 0.29) is 0 Å². The second kappa shape index (κ2) is 5.40. The molecule has 5 nitrogen and oxygen atoms in total. The highest BCUT2D eigenvalue weighted by Crippen LogP contribution is 2.41. The average Bonchev–Trinajstić information content (AvgIpc) is 2.40. The lowest BCUT2D eigenvalue weighted by Gasteiger charge is -2.46. The molecule has 1 aliphatic rings. The van der Waals surface area contributed by atoms with Crippen LogP contribution in [0.3, 0.4) is 0 Å². The number of benzene rings is 1. The summed E-state index contributed by atoms with van der Waals surface area (Å²) in [4.78, 5) is -1.47. The van der Waals surface area contributed by atoms with Crippen LogP contribution in [0.15, 0.2) is 24.3 Å². The SMILES string of the molecule is Cc1cccc([C@@]2(S)O[C@H](CO)[C@@H](O)[C@H](O)[C@H]2O)c1. The van der Waals surface area contributed by atoms with Crippen LogP contribution in [-0.2, 0) is 9.67 Å². The van der Waals surface area contributed by atoms with Crippen molar-refractivity contribution >= 4 is 12.6 Å². The van der Waals surface area contributed by atoms with Gasteiger partial charge in [-0.3, -0.25) is 0 Å². The van der Waals surface area contributed by atoms with Gasteiger partial charge in [-0.2, -0.15) is 0 Å². The summed E-state index contributed by atoms with van der Waals surface area (Å²) < 4.78 is 5.51. The van der Waals surface area contributed by atoms with Gasteiger partial charge in [-0.05, 0) is 12.5 Å². The second-order valence-electron chi connectivity index (χ2n) is 4.83. The summed E-state index contributed by atoms with van der Waals surface area (Å²) in [6.07, 6.45) is -5.21. The van der Waals surface area contributed by atoms with Gasteiger partial charge in [-0.15, -0.1) is 12.6 Å². The van der Waals surface area contributed by atoms with E-state index in [1.807, 2.05) is 13.0 Å². The van der Waals surface area contributed by atoms with Crippen LogP contribution >= 0.6 is 12.6 Å². The number of thiol groups is 1. The van der Waals surface area contributed by atoms with Crippen molar-refractivity contribution < 1.29 is 25.2 Å². The predicted octanol–water partition coefficient (Wildman–Crippen LogP) is -0.449. The highest BCUT2D eigenvalue weighted by atomic mass is 32.1. The fourth-order valence-corrected chi connectivity index (χ4v) is 2.69. The molecule has 0 radical (unpaired) electrons. The van der Waals surface area contributed by atoms with Gasteiger partial charge in [0.25, 0.3) is 0 Å². The lowest BCUT2D eigenvalue weighted by molar-refractivity contribution is -0.245. The van der Waals surface area contributed by atoms with Crippen molar-refractivity contribution in [1.82, 2.24) is 0 Å². The monoisotopic (exact) mass is 286 g/mol. The highest BCUT2D eigenvalue weighted by molar-refractivity contribution is 7.81. The van der Waals surface area contributed by atoms with Crippen LogP contribution in [0.2, 0.25) is 0 Å². The smallest absolute Gasteiger partial charge is 0.165 e. The van der Waals surface area contributed by atoms with Gasteiger partial charge in [0, 0.05) is 0 Å². The number of aliphatic hydroxyl groups is 4. The van der Waals surface area contributed by atoms with Crippen molar-refractivity contribution in [3.05, 3.63) is 35.4 Å². The Bertz CT molecular complexity index is 452. The maximum Gasteiger partial charge on any atom is 0.165 e. The molecule has 0 saturated carbocycles. The quantitative estimate of drug-likeness (QED) is 0.475. The minimum absolute atomic E-state index is 0.473. The fraction of sp³-hybridized carbons (Fsp3) is 0.538. The van der Waals surface area contributed by atoms with Crippen LogP contribution in [0, 0.1) is 6.92 Å². The van der Waals surface area contributed by atoms with Gasteiger partial charge in [-0.1, -0.05) is 29.8 Å². The zero-order valence-corrected chi connectivity index (χ0v) is 11.4. The molecule has 1 aromatic rings. The molecule has 1 aliphatic heterocycles. The maximum atomic E-state index is 10.1. The molecule has 2 rings (SSSR count). The molecule has 0 aromatic heterocycles. The largest absolute Gasteiger partial charge is 0.394 e. The first-order valence-corrected chi connectivity index (χ1v) is 6.47. The number of hydrogen-bond donors (Lipinski definition) is 5. The molecule has 0 amide bonds. The van der Waals surface area contributed by atoms with E-state index in [9.17, 15) is 20.4 Å². The van der Waals surface area contributed by atoms with Crippen molar-refractivity contribution in [2.24, 2.45) is 0 Å². The normalized spacial score (nSPS) is 39.3. The first-order chi connectivity index (χ1) is 8.90. The molecule has 0 spiro atoms. The maximum absolute atomic E-state index is 10.1. The van der Waals surface area contributed by atoms with E-state index < -0.39 is 36.0 Å². The second-order valence-corrected chi connectivity index (χ2v) is 5.50. The van der Waals surface area contributed by atoms with Crippen LogP contribution in [0.4, 0.5) is 0 Å². The Morgan fingerprint density at radius 3 is 2.53 bits per heavy atom. The molecule has 1 heterocycles. The van der Waals surface area contributed by atoms with Crippen molar-refractivity contribution in [3.8, 4) is 0 Å². The Labute approximate surface area is 116 Å². The first kappa shape index (κ1) is 14.8. The number of aryl methyl sites for hydroxylation is 1. The van der Waals surface area contributed by atoms with Gasteiger partial charge in [0.2, 0.25) is 0 Å². The third-order valence-corrected chi connectivity index (χ3v) is 4.03. The highest BCUT2D eigenvalue weighted by Gasteiger charge is 2.52. The summed E-state index contributed by atoms with van der Waals surface area (Å²) in [6, 6.07) is 7.14. The Kier molecular flexibility index (Phi) is 4.20. The third kappa shape index (κ3) is 2.52. The first-order valence-electron chi connectivity index (χ1n) is 6.02. The summed E-state index contributed by atoms with van der Waals surface area (Å²) >= 11 is 4.34. The minimum Gasteiger partial charge on any atom is -0.394 e. The average molecular weight is 286 g/mol. The van der Waals surface area contributed by atoms with Crippen molar-refractivity contribution in [3.63, 3.8) is 0 Å². The van der Waals surface area contributed by atoms with Crippen LogP contribution in [0.1, 0.15) is 11.1 Å². The topological polar surface area (TPSA) is 90.2 Å². The summed E-state index contributed by atoms with van der Waals surface area (Å²) in [5, 5.41) is 38.9. The Morgan fingerprint density at radius 1 is 1.26 bits per heavy atom. The lowest BCUT2D eigenvalue weighted by atomic mass is 9.90. The van der Waals surface area contributed by atoms with Gasteiger partial charge >= 0.3 is 0 Å². The van der Waals surface area contributed by atoms with Gasteiger partial charge < -0.3 is 25.2 Å². The van der Waals surface area contributed by atoms with E-state index in [0.29, 0.717) is 5.56 Å². The molecule has 0 unspecified atom stereocenters. The molecule has 106 valence electrons. The lowest BCUT2D eigenvalue weighted by Crippen LogP contribution is -2.61. The van der Waals surface area contributed by atoms with E-state index in [0.717, 1.165) is 5.56 Å². The number of rotatable bonds is 2. The molecule has 19 heavy (non-hydrogen) atoms. The molecular formula is C13H18O5S. The number of ether oxygens (including phenoxy) is 1. The van der Waals surface area contributed by atoms with E-state index in [4.69, 9.17) is 4.74 Å². The van der Waals surface area contributed by atoms with E-state index in [2.05, 4.69) is 12.6 Å². The zero-order valence-electron chi connectivity index (χ0n) is 10.5. The Hall–Kier alpha value is -0.630. The molecule has 4 N–H and O–H groups in total. The third-order valence-electron chi connectivity index (χ3n) is 3.40. The molecule has 6 heteroatoms. The predicted molar refractivity (Wildman–Crippen MR) is 71.8 cm³/mol. The summed E-state index contributed by atoms with van der Waals surface area (Å²) in [5.41, 5.74) is 1.51. The Morgan fingerprint density at radius 2 is 1.95 bits per heavy atom. The molecule has 5 atom stereocenters. The van der Waals surface area contributed by atoms with Crippen LogP contribution < -0.4 is 0 Å². The van der Waals surface area contributed by atoms with E-state index in [1.54, 1.807) is 18.2 Å². The molecule has 1 fully saturated rings. The molecular weight excluding hydrogens is 268 g/mol. The van der Waals surface area contributed by atoms with Crippen molar-refractivity contribution in [1.29, 1.82) is 0 Å². The zero-order chi connectivity index (χ0) is 14.2. The summed E-state index contributed by atoms with van der Waals surface area (Å²) in [5.74, 6) is 0. The minimum atomic E-state index is -1.47. The number of aliphatic hydroxyl groups excluding tert-OH is 4. The summed E-state index contributed by atoms with van der Waals surface area (Å²) in [6.45, 7) is 1.41. The van der Waals surface area contributed by atoms with Crippen LogP contribution in [0.5, 0.6) is 0 Å². The van der Waals surface area contributed by atoms with Gasteiger partial charge in [0.1, 0.15) is 24.4 Å². The van der Waals surface area contributed by atoms with Gasteiger partial charge in [-0.25, -0.2) is 0 Å². The fourth-order valence-electron chi connectivity index (χ4n) is 2.26. The molecule has 0 bridgehead atoms. The van der Waals surface area contributed by atoms with Gasteiger partial charge in [0.05, 0.1) is 6.61 Å². The van der Waals surface area contributed by atoms with Crippen LogP contribution in [-0.4, -0.2) is 51.4 Å². The molecule has 0 aliphatic carbocycles. The van der Waals surface area contributed by atoms with E-state index >= 15 is 0 Å². The molecule has 1 saturated heterocycles. The van der Waals surface area contributed by atoms with Crippen LogP contribution in [0.25, 0.3) is 0 Å². The molecule has 1 aromatic carbocycles. The number of hydrogen-bond acceptors (Lipinski definition) is 6. The Balaban J connectivity index is 2.40. The van der Waals surface area contributed by atoms with E-state index in [1.165, 1.54) is 0 Å². The standard InChI is InChI=1S/C13H18O5S/c1-7-3-2-4-8(5-7)13(19)12(17)11(16)10(15)9(6-14)18-13/h2-5,9-12,14-17,19H,6H2,1H3/t9-,10-,11+,12-,13+/m1/s1. The van der Waals surface area contributed by atoms with Crippen molar-refractivity contribution in [2.45, 2.75) is 36.3 Å². The summed E-state index contributed by atoms with van der Waals surface area (Å²) in [7, 11) is 0. The van der Waals surface area contributed by atoms with Crippen molar-refractivity contribution in [2.75, 3.05) is 6.61 Å². The van der Waals surface area contributed by atoms with Gasteiger partial charge in [0.15, 0.2) is 4.93 Å².